The molecule has 0 aromatic heterocycles. The van der Waals surface area contributed by atoms with E-state index in [1.165, 1.54) is 15.9 Å². The van der Waals surface area contributed by atoms with Crippen LogP contribution >= 0.6 is 11.6 Å². The maximum absolute atomic E-state index is 12.8. The van der Waals surface area contributed by atoms with Gasteiger partial charge < -0.3 is 15.0 Å². The second-order valence-corrected chi connectivity index (χ2v) is 9.48. The minimum atomic E-state index is -3.68. The van der Waals surface area contributed by atoms with E-state index in [1.54, 1.807) is 23.1 Å². The van der Waals surface area contributed by atoms with E-state index in [0.29, 0.717) is 26.2 Å². The van der Waals surface area contributed by atoms with Gasteiger partial charge in [-0.3, -0.25) is 0 Å². The summed E-state index contributed by atoms with van der Waals surface area (Å²) in [6, 6.07) is 12.1. The van der Waals surface area contributed by atoms with E-state index in [2.05, 4.69) is 5.32 Å². The number of carbonyl (C=O) groups is 1. The van der Waals surface area contributed by atoms with E-state index in [1.807, 2.05) is 32.0 Å². The fourth-order valence-corrected chi connectivity index (χ4v) is 5.23. The Kier molecular flexibility index (Phi) is 7.23. The number of amides is 2. The second kappa shape index (κ2) is 9.68. The van der Waals surface area contributed by atoms with E-state index >= 15 is 0 Å². The van der Waals surface area contributed by atoms with Crippen LogP contribution in [0.1, 0.15) is 11.1 Å². The monoisotopic (exact) mass is 451 g/mol. The molecule has 0 radical (unpaired) electrons. The molecule has 30 heavy (non-hydrogen) atoms. The van der Waals surface area contributed by atoms with Crippen LogP contribution in [-0.4, -0.2) is 63.0 Å². The number of piperazine rings is 1. The third-order valence-electron chi connectivity index (χ3n) is 4.95. The predicted molar refractivity (Wildman–Crippen MR) is 117 cm³/mol. The number of benzene rings is 2. The van der Waals surface area contributed by atoms with Crippen molar-refractivity contribution in [1.82, 2.24) is 14.5 Å². The van der Waals surface area contributed by atoms with Gasteiger partial charge in [0.05, 0.1) is 11.6 Å². The van der Waals surface area contributed by atoms with Gasteiger partial charge in [0.1, 0.15) is 17.3 Å². The molecule has 0 atom stereocenters. The Hall–Kier alpha value is -2.29. The summed E-state index contributed by atoms with van der Waals surface area (Å²) in [4.78, 5) is 14.1. The molecule has 0 bridgehead atoms. The third kappa shape index (κ3) is 5.24. The number of ether oxygens (including phenoxy) is 1. The van der Waals surface area contributed by atoms with Crippen molar-refractivity contribution < 1.29 is 17.9 Å². The molecule has 1 aliphatic rings. The van der Waals surface area contributed by atoms with Crippen molar-refractivity contribution in [2.24, 2.45) is 0 Å². The highest BCUT2D eigenvalue weighted by Gasteiger charge is 2.31. The number of hydrogen-bond donors (Lipinski definition) is 1. The molecule has 3 rings (SSSR count). The fourth-order valence-electron chi connectivity index (χ4n) is 3.32. The first-order valence-corrected chi connectivity index (χ1v) is 11.6. The molecular weight excluding hydrogens is 426 g/mol. The molecule has 2 amide bonds. The molecule has 0 unspecified atom stereocenters. The molecule has 1 heterocycles. The molecule has 0 spiro atoms. The average molecular weight is 452 g/mol. The van der Waals surface area contributed by atoms with Crippen molar-refractivity contribution in [3.8, 4) is 5.75 Å². The highest BCUT2D eigenvalue weighted by atomic mass is 35.5. The molecule has 0 aliphatic carbocycles. The zero-order valence-electron chi connectivity index (χ0n) is 17.1. The number of sulfonamides is 1. The van der Waals surface area contributed by atoms with E-state index in [4.69, 9.17) is 16.3 Å². The molecule has 7 nitrogen and oxygen atoms in total. The summed E-state index contributed by atoms with van der Waals surface area (Å²) in [6.07, 6.45) is 0. The molecule has 9 heteroatoms. The van der Waals surface area contributed by atoms with E-state index in [-0.39, 0.29) is 29.0 Å². The quantitative estimate of drug-likeness (QED) is 0.684. The number of carbonyl (C=O) groups excluding carboxylic acids is 1. The number of hydrogen-bond acceptors (Lipinski definition) is 4. The summed E-state index contributed by atoms with van der Waals surface area (Å²) in [5.74, 6) is 0.799. The Balaban J connectivity index is 1.45. The van der Waals surface area contributed by atoms with Crippen LogP contribution in [0.5, 0.6) is 5.75 Å². The van der Waals surface area contributed by atoms with Crippen LogP contribution in [0.25, 0.3) is 0 Å². The van der Waals surface area contributed by atoms with Gasteiger partial charge in [-0.15, -0.1) is 0 Å². The van der Waals surface area contributed by atoms with Gasteiger partial charge in [-0.1, -0.05) is 41.4 Å². The van der Waals surface area contributed by atoms with Crippen LogP contribution in [0.3, 0.4) is 0 Å². The van der Waals surface area contributed by atoms with Crippen molar-refractivity contribution in [3.05, 3.63) is 58.6 Å². The lowest BCUT2D eigenvalue weighted by molar-refractivity contribution is 0.170. The fraction of sp³-hybridized carbons (Fsp3) is 0.381. The molecular formula is C21H26ClN3O4S. The van der Waals surface area contributed by atoms with Crippen molar-refractivity contribution in [1.29, 1.82) is 0 Å². The van der Waals surface area contributed by atoms with Gasteiger partial charge in [0.15, 0.2) is 0 Å². The van der Waals surface area contributed by atoms with Gasteiger partial charge in [0.2, 0.25) is 10.0 Å². The standard InChI is InChI=1S/C21H26ClN3O4S/c1-16-7-8-19(17(2)15-16)29-14-9-23-21(26)24-10-12-25(13-11-24)30(27,28)20-6-4-3-5-18(20)22/h3-8,15H,9-14H2,1-2H3,(H,23,26). The molecule has 2 aromatic carbocycles. The van der Waals surface area contributed by atoms with E-state index in [0.717, 1.165) is 11.3 Å². The topological polar surface area (TPSA) is 79.0 Å². The largest absolute Gasteiger partial charge is 0.491 e. The number of rotatable bonds is 6. The number of aryl methyl sites for hydroxylation is 2. The summed E-state index contributed by atoms with van der Waals surface area (Å²) in [6.45, 7) is 5.80. The molecule has 2 aromatic rings. The van der Waals surface area contributed by atoms with Gasteiger partial charge in [0.25, 0.3) is 0 Å². The summed E-state index contributed by atoms with van der Waals surface area (Å²) in [5.41, 5.74) is 2.22. The Morgan fingerprint density at radius 3 is 2.47 bits per heavy atom. The van der Waals surface area contributed by atoms with Crippen LogP contribution in [0.2, 0.25) is 5.02 Å². The third-order valence-corrected chi connectivity index (χ3v) is 7.35. The Morgan fingerprint density at radius 1 is 1.10 bits per heavy atom. The van der Waals surface area contributed by atoms with Crippen LogP contribution in [0.4, 0.5) is 4.79 Å². The summed E-state index contributed by atoms with van der Waals surface area (Å²) >= 11 is 6.05. The molecule has 162 valence electrons. The molecule has 0 saturated carbocycles. The normalized spacial score (nSPS) is 15.1. The Labute approximate surface area is 182 Å². The molecule has 1 N–H and O–H groups in total. The lowest BCUT2D eigenvalue weighted by Gasteiger charge is -2.34. The van der Waals surface area contributed by atoms with Gasteiger partial charge in [-0.05, 0) is 37.6 Å². The maximum Gasteiger partial charge on any atom is 0.317 e. The number of nitrogens with one attached hydrogen (secondary N) is 1. The summed E-state index contributed by atoms with van der Waals surface area (Å²) in [5, 5.41) is 3.02. The van der Waals surface area contributed by atoms with E-state index < -0.39 is 10.0 Å². The maximum atomic E-state index is 12.8. The van der Waals surface area contributed by atoms with Gasteiger partial charge in [0, 0.05) is 26.2 Å². The van der Waals surface area contributed by atoms with E-state index in [9.17, 15) is 13.2 Å². The van der Waals surface area contributed by atoms with Crippen LogP contribution in [0.15, 0.2) is 47.4 Å². The van der Waals surface area contributed by atoms with Crippen LogP contribution < -0.4 is 10.1 Å². The molecule has 1 aliphatic heterocycles. The first-order valence-electron chi connectivity index (χ1n) is 9.76. The average Bonchev–Trinajstić information content (AvgIpc) is 2.72. The number of urea groups is 1. The van der Waals surface area contributed by atoms with Gasteiger partial charge in [-0.2, -0.15) is 4.31 Å². The zero-order valence-corrected chi connectivity index (χ0v) is 18.7. The highest BCUT2D eigenvalue weighted by Crippen LogP contribution is 2.25. The van der Waals surface area contributed by atoms with Crippen molar-refractivity contribution in [2.45, 2.75) is 18.7 Å². The zero-order chi connectivity index (χ0) is 21.7. The van der Waals surface area contributed by atoms with Gasteiger partial charge >= 0.3 is 6.03 Å². The van der Waals surface area contributed by atoms with Crippen molar-refractivity contribution in [2.75, 3.05) is 39.3 Å². The Morgan fingerprint density at radius 2 is 1.80 bits per heavy atom. The number of halogens is 1. The highest BCUT2D eigenvalue weighted by molar-refractivity contribution is 7.89. The molecule has 1 saturated heterocycles. The van der Waals surface area contributed by atoms with Gasteiger partial charge in [-0.25, -0.2) is 13.2 Å². The van der Waals surface area contributed by atoms with Crippen molar-refractivity contribution >= 4 is 27.7 Å². The lowest BCUT2D eigenvalue weighted by atomic mass is 10.1. The van der Waals surface area contributed by atoms with Crippen LogP contribution in [-0.2, 0) is 10.0 Å². The molecule has 1 fully saturated rings. The second-order valence-electron chi connectivity index (χ2n) is 7.17. The number of nitrogens with zero attached hydrogens (tertiary/aromatic N) is 2. The Bertz CT molecular complexity index is 1010. The first-order chi connectivity index (χ1) is 14.3. The SMILES string of the molecule is Cc1ccc(OCCNC(=O)N2CCN(S(=O)(=O)c3ccccc3Cl)CC2)c(C)c1. The smallest absolute Gasteiger partial charge is 0.317 e. The van der Waals surface area contributed by atoms with Crippen LogP contribution in [0, 0.1) is 13.8 Å². The lowest BCUT2D eigenvalue weighted by Crippen LogP contribution is -2.53. The summed E-state index contributed by atoms with van der Waals surface area (Å²) < 4.78 is 32.6. The predicted octanol–water partition coefficient (Wildman–Crippen LogP) is 3.05. The summed E-state index contributed by atoms with van der Waals surface area (Å²) in [7, 11) is -3.68. The minimum absolute atomic E-state index is 0.0908. The first kappa shape index (κ1) is 22.4. The minimum Gasteiger partial charge on any atom is -0.491 e. The van der Waals surface area contributed by atoms with Crippen molar-refractivity contribution in [3.63, 3.8) is 0 Å².